The predicted molar refractivity (Wildman–Crippen MR) is 74.6 cm³/mol. The lowest BCUT2D eigenvalue weighted by molar-refractivity contribution is -0.0728. The third kappa shape index (κ3) is 2.80. The van der Waals surface area contributed by atoms with Gasteiger partial charge in [-0.25, -0.2) is 0 Å². The molecule has 17 heavy (non-hydrogen) atoms. The van der Waals surface area contributed by atoms with Gasteiger partial charge in [0, 0.05) is 26.0 Å². The summed E-state index contributed by atoms with van der Waals surface area (Å²) < 4.78 is 5.76. The Labute approximate surface area is 109 Å². The first kappa shape index (κ1) is 13.7. The maximum absolute atomic E-state index is 6.16. The highest BCUT2D eigenvalue weighted by atomic mass is 32.2. The summed E-state index contributed by atoms with van der Waals surface area (Å²) in [6.45, 7) is 3.13. The van der Waals surface area contributed by atoms with Crippen molar-refractivity contribution in [2.24, 2.45) is 5.73 Å². The van der Waals surface area contributed by atoms with E-state index in [1.807, 2.05) is 7.11 Å². The molecule has 1 aliphatic heterocycles. The molecule has 2 fully saturated rings. The van der Waals surface area contributed by atoms with Crippen LogP contribution in [0.15, 0.2) is 0 Å². The van der Waals surface area contributed by atoms with E-state index in [9.17, 15) is 0 Å². The second kappa shape index (κ2) is 6.41. The Balaban J connectivity index is 2.14. The van der Waals surface area contributed by atoms with Crippen LogP contribution in [0.3, 0.4) is 0 Å². The maximum atomic E-state index is 6.16. The highest BCUT2D eigenvalue weighted by molar-refractivity contribution is 7.99. The lowest BCUT2D eigenvalue weighted by Crippen LogP contribution is -2.63. The summed E-state index contributed by atoms with van der Waals surface area (Å²) in [4.78, 5) is 2.64. The molecule has 2 atom stereocenters. The van der Waals surface area contributed by atoms with Crippen LogP contribution in [0.5, 0.6) is 0 Å². The Morgan fingerprint density at radius 1 is 1.29 bits per heavy atom. The minimum Gasteiger partial charge on any atom is -0.379 e. The molecule has 2 aliphatic rings. The molecule has 0 radical (unpaired) electrons. The molecule has 0 bridgehead atoms. The lowest BCUT2D eigenvalue weighted by Gasteiger charge is -2.50. The molecule has 0 aromatic heterocycles. The zero-order chi connectivity index (χ0) is 12.1. The van der Waals surface area contributed by atoms with Crippen LogP contribution in [0, 0.1) is 0 Å². The maximum Gasteiger partial charge on any atom is 0.0767 e. The fourth-order valence-electron chi connectivity index (χ4n) is 3.44. The molecule has 1 aliphatic carbocycles. The van der Waals surface area contributed by atoms with Crippen molar-refractivity contribution in [1.82, 2.24) is 4.90 Å². The van der Waals surface area contributed by atoms with Crippen molar-refractivity contribution in [3.05, 3.63) is 0 Å². The van der Waals surface area contributed by atoms with Gasteiger partial charge >= 0.3 is 0 Å². The first-order valence-corrected chi connectivity index (χ1v) is 8.04. The summed E-state index contributed by atoms with van der Waals surface area (Å²) in [5.41, 5.74) is 6.28. The highest BCUT2D eigenvalue weighted by Gasteiger charge is 2.44. The van der Waals surface area contributed by atoms with E-state index in [0.717, 1.165) is 6.54 Å². The van der Waals surface area contributed by atoms with Crippen LogP contribution in [-0.2, 0) is 4.74 Å². The lowest BCUT2D eigenvalue weighted by atomic mass is 9.77. The fourth-order valence-corrected chi connectivity index (χ4v) is 4.33. The van der Waals surface area contributed by atoms with Crippen molar-refractivity contribution in [1.29, 1.82) is 0 Å². The number of thioether (sulfide) groups is 1. The zero-order valence-corrected chi connectivity index (χ0v) is 11.8. The quantitative estimate of drug-likeness (QED) is 0.836. The fraction of sp³-hybridized carbons (Fsp3) is 1.00. The highest BCUT2D eigenvalue weighted by Crippen LogP contribution is 2.36. The molecular formula is C13H26N2OS. The Hall–Kier alpha value is 0.230. The monoisotopic (exact) mass is 258 g/mol. The van der Waals surface area contributed by atoms with E-state index in [4.69, 9.17) is 10.5 Å². The van der Waals surface area contributed by atoms with Crippen LogP contribution in [-0.4, -0.2) is 54.8 Å². The minimum atomic E-state index is 0.123. The summed E-state index contributed by atoms with van der Waals surface area (Å²) in [7, 11) is 1.85. The summed E-state index contributed by atoms with van der Waals surface area (Å²) in [5.74, 6) is 2.55. The van der Waals surface area contributed by atoms with E-state index >= 15 is 0 Å². The number of nitrogens with zero attached hydrogens (tertiary/aromatic N) is 1. The average molecular weight is 258 g/mol. The van der Waals surface area contributed by atoms with Crippen LogP contribution in [0.4, 0.5) is 0 Å². The topological polar surface area (TPSA) is 38.5 Å². The summed E-state index contributed by atoms with van der Waals surface area (Å²) in [6.07, 6.45) is 6.63. The van der Waals surface area contributed by atoms with Crippen molar-refractivity contribution in [3.63, 3.8) is 0 Å². The van der Waals surface area contributed by atoms with Gasteiger partial charge in [-0.1, -0.05) is 12.8 Å². The van der Waals surface area contributed by atoms with Gasteiger partial charge in [0.25, 0.3) is 0 Å². The van der Waals surface area contributed by atoms with Crippen LogP contribution >= 0.6 is 11.8 Å². The van der Waals surface area contributed by atoms with E-state index in [0.29, 0.717) is 6.10 Å². The van der Waals surface area contributed by atoms with Crippen molar-refractivity contribution in [3.8, 4) is 0 Å². The number of rotatable bonds is 3. The third-order valence-corrected chi connectivity index (χ3v) is 5.46. The van der Waals surface area contributed by atoms with E-state index < -0.39 is 0 Å². The van der Waals surface area contributed by atoms with E-state index in [1.165, 1.54) is 56.7 Å². The molecule has 0 aromatic rings. The molecule has 1 saturated carbocycles. The second-order valence-corrected chi connectivity index (χ2v) is 6.46. The summed E-state index contributed by atoms with van der Waals surface area (Å²) in [5, 5.41) is 0. The molecule has 0 spiro atoms. The van der Waals surface area contributed by atoms with Gasteiger partial charge in [0.05, 0.1) is 11.6 Å². The van der Waals surface area contributed by atoms with Gasteiger partial charge in [0.1, 0.15) is 0 Å². The SMILES string of the molecule is COC1CCCCC1(CN)N1CCCSCC1. The van der Waals surface area contributed by atoms with E-state index in [-0.39, 0.29) is 5.54 Å². The van der Waals surface area contributed by atoms with Gasteiger partial charge in [0.15, 0.2) is 0 Å². The first-order valence-electron chi connectivity index (χ1n) is 6.89. The predicted octanol–water partition coefficient (Wildman–Crippen LogP) is 1.71. The Kier molecular flexibility index (Phi) is 5.15. The van der Waals surface area contributed by atoms with E-state index in [2.05, 4.69) is 16.7 Å². The smallest absolute Gasteiger partial charge is 0.0767 e. The molecule has 0 aromatic carbocycles. The minimum absolute atomic E-state index is 0.123. The molecule has 1 saturated heterocycles. The van der Waals surface area contributed by atoms with Gasteiger partial charge < -0.3 is 10.5 Å². The Bertz CT molecular complexity index is 231. The van der Waals surface area contributed by atoms with Crippen molar-refractivity contribution in [2.75, 3.05) is 38.2 Å². The van der Waals surface area contributed by atoms with Crippen LogP contribution < -0.4 is 5.73 Å². The summed E-state index contributed by atoms with van der Waals surface area (Å²) >= 11 is 2.08. The number of ether oxygens (including phenoxy) is 1. The van der Waals surface area contributed by atoms with E-state index in [1.54, 1.807) is 0 Å². The average Bonchev–Trinajstić information content (AvgIpc) is 2.67. The first-order chi connectivity index (χ1) is 8.33. The normalized spacial score (nSPS) is 36.7. The standard InChI is InChI=1S/C13H26N2OS/c1-16-12-5-2-3-6-13(12,11-14)15-7-4-9-17-10-8-15/h12H,2-11,14H2,1H3. The Morgan fingerprint density at radius 3 is 2.94 bits per heavy atom. The molecule has 100 valence electrons. The molecule has 0 amide bonds. The van der Waals surface area contributed by atoms with Crippen LogP contribution in [0.1, 0.15) is 32.1 Å². The number of methoxy groups -OCH3 is 1. The number of nitrogens with two attached hydrogens (primary N) is 1. The van der Waals surface area contributed by atoms with Gasteiger partial charge in [-0.2, -0.15) is 11.8 Å². The second-order valence-electron chi connectivity index (χ2n) is 5.23. The summed E-state index contributed by atoms with van der Waals surface area (Å²) in [6, 6.07) is 0. The molecule has 3 nitrogen and oxygen atoms in total. The molecule has 2 rings (SSSR count). The molecule has 1 heterocycles. The largest absolute Gasteiger partial charge is 0.379 e. The van der Waals surface area contributed by atoms with Gasteiger partial charge in [-0.15, -0.1) is 0 Å². The molecule has 2 unspecified atom stereocenters. The van der Waals surface area contributed by atoms with Gasteiger partial charge in [-0.05, 0) is 31.6 Å². The van der Waals surface area contributed by atoms with Crippen molar-refractivity contribution < 1.29 is 4.74 Å². The molecule has 2 N–H and O–H groups in total. The number of hydrogen-bond acceptors (Lipinski definition) is 4. The van der Waals surface area contributed by atoms with Crippen LogP contribution in [0.2, 0.25) is 0 Å². The van der Waals surface area contributed by atoms with Crippen molar-refractivity contribution in [2.45, 2.75) is 43.7 Å². The third-order valence-electron chi connectivity index (χ3n) is 4.42. The number of hydrogen-bond donors (Lipinski definition) is 1. The Morgan fingerprint density at radius 2 is 2.18 bits per heavy atom. The molecular weight excluding hydrogens is 232 g/mol. The van der Waals surface area contributed by atoms with Crippen LogP contribution in [0.25, 0.3) is 0 Å². The van der Waals surface area contributed by atoms with Crippen molar-refractivity contribution >= 4 is 11.8 Å². The van der Waals surface area contributed by atoms with Gasteiger partial charge in [-0.3, -0.25) is 4.90 Å². The zero-order valence-electron chi connectivity index (χ0n) is 11.0. The molecule has 4 heteroatoms. The van der Waals surface area contributed by atoms with Gasteiger partial charge in [0.2, 0.25) is 0 Å².